The molecule has 4 heteroatoms. The number of hydrogen-bond donors (Lipinski definition) is 0. The molecule has 13 heavy (non-hydrogen) atoms. The zero-order valence-corrected chi connectivity index (χ0v) is 8.99. The molecule has 1 aliphatic rings. The lowest BCUT2D eigenvalue weighted by atomic mass is 10.2. The number of halogens is 1. The Labute approximate surface area is 82.7 Å². The van der Waals surface area contributed by atoms with Crippen LogP contribution in [0.3, 0.4) is 0 Å². The van der Waals surface area contributed by atoms with Gasteiger partial charge in [-0.1, -0.05) is 6.58 Å². The molecule has 0 radical (unpaired) electrons. The monoisotopic (exact) mass is 206 g/mol. The van der Waals surface area contributed by atoms with E-state index in [4.69, 9.17) is 8.92 Å². The van der Waals surface area contributed by atoms with Gasteiger partial charge < -0.3 is 8.92 Å². The highest BCUT2D eigenvalue weighted by Gasteiger charge is 2.31. The third-order valence-electron chi connectivity index (χ3n) is 1.45. The second kappa shape index (κ2) is 3.88. The maximum absolute atomic E-state index is 12.7. The molecule has 2 nitrogen and oxygen atoms in total. The smallest absolute Gasteiger partial charge is 0.239 e. The van der Waals surface area contributed by atoms with E-state index >= 15 is 0 Å². The van der Waals surface area contributed by atoms with E-state index in [-0.39, 0.29) is 10.9 Å². The van der Waals surface area contributed by atoms with Crippen molar-refractivity contribution in [1.82, 2.24) is 0 Å². The Bertz CT molecular complexity index is 200. The lowest BCUT2D eigenvalue weighted by molar-refractivity contribution is 0.0425. The van der Waals surface area contributed by atoms with E-state index in [1.54, 1.807) is 0 Å². The minimum atomic E-state index is -1.21. The second-order valence-corrected chi connectivity index (χ2v) is 4.94. The van der Waals surface area contributed by atoms with Gasteiger partial charge in [-0.3, -0.25) is 0 Å². The Balaban J connectivity index is 2.34. The SMILES string of the molecule is C=C1O[C@@H](F)CC1SOC(C)(C)C. The summed E-state index contributed by atoms with van der Waals surface area (Å²) in [5.74, 6) is 0.474. The van der Waals surface area contributed by atoms with Gasteiger partial charge in [-0.15, -0.1) is 0 Å². The van der Waals surface area contributed by atoms with Crippen LogP contribution in [0.2, 0.25) is 0 Å². The van der Waals surface area contributed by atoms with Crippen LogP contribution in [0.1, 0.15) is 27.2 Å². The molecule has 2 atom stereocenters. The second-order valence-electron chi connectivity index (χ2n) is 4.01. The third-order valence-corrected chi connectivity index (χ3v) is 2.74. The van der Waals surface area contributed by atoms with Crippen molar-refractivity contribution in [3.8, 4) is 0 Å². The van der Waals surface area contributed by atoms with Crippen molar-refractivity contribution >= 4 is 12.0 Å². The standard InChI is InChI=1S/C9H15FO2S/c1-6-7(5-8(10)11-6)13-12-9(2,3)4/h7-8H,1,5H2,2-4H3/t7?,8-/m1/s1. The summed E-state index contributed by atoms with van der Waals surface area (Å²) in [5.41, 5.74) is -0.223. The molecule has 1 fully saturated rings. The predicted molar refractivity (Wildman–Crippen MR) is 52.0 cm³/mol. The van der Waals surface area contributed by atoms with Gasteiger partial charge in [-0.2, -0.15) is 0 Å². The molecule has 0 N–H and O–H groups in total. The molecule has 0 spiro atoms. The lowest BCUT2D eigenvalue weighted by Gasteiger charge is -2.19. The Kier molecular flexibility index (Phi) is 3.24. The van der Waals surface area contributed by atoms with Crippen molar-refractivity contribution in [1.29, 1.82) is 0 Å². The Hall–Kier alpha value is -0.220. The van der Waals surface area contributed by atoms with Crippen molar-refractivity contribution in [2.45, 2.75) is 44.4 Å². The first-order chi connectivity index (χ1) is 5.88. The molecule has 1 unspecified atom stereocenters. The van der Waals surface area contributed by atoms with Crippen molar-refractivity contribution in [2.75, 3.05) is 0 Å². The summed E-state index contributed by atoms with van der Waals surface area (Å²) >= 11 is 1.24. The number of ether oxygens (including phenoxy) is 1. The van der Waals surface area contributed by atoms with Crippen LogP contribution in [0, 0.1) is 0 Å². The first-order valence-electron chi connectivity index (χ1n) is 4.22. The molecule has 76 valence electrons. The summed E-state index contributed by atoms with van der Waals surface area (Å²) in [6, 6.07) is 0. The van der Waals surface area contributed by atoms with Gasteiger partial charge in [-0.25, -0.2) is 4.39 Å². The van der Waals surface area contributed by atoms with Crippen LogP contribution in [0.25, 0.3) is 0 Å². The molecular weight excluding hydrogens is 191 g/mol. The van der Waals surface area contributed by atoms with E-state index < -0.39 is 6.36 Å². The Morgan fingerprint density at radius 1 is 1.62 bits per heavy atom. The summed E-state index contributed by atoms with van der Waals surface area (Å²) < 4.78 is 22.9. The van der Waals surface area contributed by atoms with Crippen LogP contribution in [0.4, 0.5) is 4.39 Å². The molecule has 0 aromatic heterocycles. The van der Waals surface area contributed by atoms with Crippen LogP contribution < -0.4 is 0 Å². The fourth-order valence-corrected chi connectivity index (χ4v) is 1.68. The molecule has 1 saturated heterocycles. The molecule has 1 aliphatic heterocycles. The van der Waals surface area contributed by atoms with E-state index in [0.717, 1.165) is 0 Å². The molecule has 0 aromatic rings. The van der Waals surface area contributed by atoms with Gasteiger partial charge in [0.25, 0.3) is 0 Å². The van der Waals surface area contributed by atoms with E-state index in [2.05, 4.69) is 6.58 Å². The largest absolute Gasteiger partial charge is 0.464 e. The van der Waals surface area contributed by atoms with Gasteiger partial charge in [0.2, 0.25) is 6.36 Å². The molecule has 0 amide bonds. The van der Waals surface area contributed by atoms with Crippen molar-refractivity contribution in [2.24, 2.45) is 0 Å². The summed E-state index contributed by atoms with van der Waals surface area (Å²) in [6.07, 6.45) is -0.881. The molecular formula is C9H15FO2S. The van der Waals surface area contributed by atoms with E-state index in [0.29, 0.717) is 12.2 Å². The third kappa shape index (κ3) is 3.56. The van der Waals surface area contributed by atoms with Crippen molar-refractivity contribution in [3.05, 3.63) is 12.3 Å². The first-order valence-corrected chi connectivity index (χ1v) is 5.03. The van der Waals surface area contributed by atoms with Gasteiger partial charge in [-0.05, 0) is 20.8 Å². The van der Waals surface area contributed by atoms with Gasteiger partial charge in [0.05, 0.1) is 10.9 Å². The van der Waals surface area contributed by atoms with Crippen molar-refractivity contribution in [3.63, 3.8) is 0 Å². The topological polar surface area (TPSA) is 18.5 Å². The summed E-state index contributed by atoms with van der Waals surface area (Å²) in [7, 11) is 0. The highest BCUT2D eigenvalue weighted by Crippen LogP contribution is 2.35. The summed E-state index contributed by atoms with van der Waals surface area (Å²) in [5, 5.41) is -0.0748. The maximum atomic E-state index is 12.7. The number of alkyl halides is 1. The summed E-state index contributed by atoms with van der Waals surface area (Å²) in [4.78, 5) is 0. The molecule has 0 aromatic carbocycles. The molecule has 1 heterocycles. The number of hydrogen-bond acceptors (Lipinski definition) is 3. The average molecular weight is 206 g/mol. The number of rotatable bonds is 2. The predicted octanol–water partition coefficient (Wildman–Crippen LogP) is 3.05. The fourth-order valence-electron chi connectivity index (χ4n) is 0.883. The minimum absolute atomic E-state index is 0.0748. The zero-order chi connectivity index (χ0) is 10.1. The molecule has 1 rings (SSSR count). The maximum Gasteiger partial charge on any atom is 0.239 e. The van der Waals surface area contributed by atoms with Crippen LogP contribution in [0.5, 0.6) is 0 Å². The van der Waals surface area contributed by atoms with E-state index in [1.807, 2.05) is 20.8 Å². The van der Waals surface area contributed by atoms with Gasteiger partial charge in [0.1, 0.15) is 5.76 Å². The quantitative estimate of drug-likeness (QED) is 0.647. The highest BCUT2D eigenvalue weighted by atomic mass is 32.2. The van der Waals surface area contributed by atoms with Gasteiger partial charge in [0, 0.05) is 18.5 Å². The van der Waals surface area contributed by atoms with Crippen LogP contribution >= 0.6 is 12.0 Å². The van der Waals surface area contributed by atoms with Crippen LogP contribution in [-0.2, 0) is 8.92 Å². The molecule has 0 saturated carbocycles. The normalized spacial score (nSPS) is 29.1. The van der Waals surface area contributed by atoms with Gasteiger partial charge >= 0.3 is 0 Å². The van der Waals surface area contributed by atoms with Crippen molar-refractivity contribution < 1.29 is 13.3 Å². The average Bonchev–Trinajstić information content (AvgIpc) is 2.24. The van der Waals surface area contributed by atoms with E-state index in [9.17, 15) is 4.39 Å². The highest BCUT2D eigenvalue weighted by molar-refractivity contribution is 7.95. The molecule has 0 aliphatic carbocycles. The van der Waals surface area contributed by atoms with Crippen LogP contribution in [-0.4, -0.2) is 17.2 Å². The van der Waals surface area contributed by atoms with E-state index in [1.165, 1.54) is 12.0 Å². The lowest BCUT2D eigenvalue weighted by Crippen LogP contribution is -2.17. The Morgan fingerprint density at radius 2 is 2.23 bits per heavy atom. The first kappa shape index (κ1) is 10.9. The fraction of sp³-hybridized carbons (Fsp3) is 0.778. The van der Waals surface area contributed by atoms with Crippen LogP contribution in [0.15, 0.2) is 12.3 Å². The molecule has 0 bridgehead atoms. The zero-order valence-electron chi connectivity index (χ0n) is 8.17. The summed E-state index contributed by atoms with van der Waals surface area (Å²) in [6.45, 7) is 9.47. The Morgan fingerprint density at radius 3 is 2.62 bits per heavy atom. The van der Waals surface area contributed by atoms with Gasteiger partial charge in [0.15, 0.2) is 0 Å². The minimum Gasteiger partial charge on any atom is -0.464 e.